The van der Waals surface area contributed by atoms with E-state index in [9.17, 15) is 0 Å². The molecule has 2 aromatic rings. The zero-order valence-corrected chi connectivity index (χ0v) is 11.8. The van der Waals surface area contributed by atoms with Crippen molar-refractivity contribution in [1.29, 1.82) is 0 Å². The molecule has 0 saturated heterocycles. The molecule has 0 spiro atoms. The normalized spacial score (nSPS) is 12.2. The summed E-state index contributed by atoms with van der Waals surface area (Å²) in [5, 5.41) is 4.24. The Morgan fingerprint density at radius 3 is 2.44 bits per heavy atom. The van der Waals surface area contributed by atoms with Gasteiger partial charge in [-0.3, -0.25) is 0 Å². The number of hydrogen-bond donors (Lipinski definition) is 1. The molecule has 0 fully saturated rings. The molecule has 1 nitrogen and oxygen atoms in total. The Labute approximate surface area is 114 Å². The summed E-state index contributed by atoms with van der Waals surface area (Å²) in [5.41, 5.74) is 4.75. The van der Waals surface area contributed by atoms with E-state index in [4.69, 9.17) is 11.6 Å². The first-order valence-corrected chi connectivity index (χ1v) is 6.54. The third-order valence-corrected chi connectivity index (χ3v) is 3.46. The highest BCUT2D eigenvalue weighted by atomic mass is 35.5. The second kappa shape index (κ2) is 5.45. The Bertz CT molecular complexity index is 549. The van der Waals surface area contributed by atoms with Crippen LogP contribution in [0.1, 0.15) is 29.7 Å². The third kappa shape index (κ3) is 2.85. The summed E-state index contributed by atoms with van der Waals surface area (Å²) < 4.78 is 0. The summed E-state index contributed by atoms with van der Waals surface area (Å²) >= 11 is 6.24. The monoisotopic (exact) mass is 259 g/mol. The lowest BCUT2D eigenvalue weighted by Crippen LogP contribution is -2.08. The smallest absolute Gasteiger partial charge is 0.0640 e. The molecule has 0 amide bonds. The fourth-order valence-corrected chi connectivity index (χ4v) is 2.41. The van der Waals surface area contributed by atoms with Crippen LogP contribution in [0.25, 0.3) is 0 Å². The molecule has 18 heavy (non-hydrogen) atoms. The predicted octanol–water partition coefficient (Wildman–Crippen LogP) is 5.13. The highest BCUT2D eigenvalue weighted by molar-refractivity contribution is 6.33. The van der Waals surface area contributed by atoms with Crippen molar-refractivity contribution in [3.8, 4) is 0 Å². The van der Waals surface area contributed by atoms with Gasteiger partial charge in [-0.2, -0.15) is 0 Å². The molecule has 0 aliphatic rings. The molecule has 0 aromatic heterocycles. The van der Waals surface area contributed by atoms with E-state index in [1.165, 1.54) is 16.7 Å². The zero-order chi connectivity index (χ0) is 13.1. The molecule has 1 atom stereocenters. The van der Waals surface area contributed by atoms with Gasteiger partial charge in [-0.05, 0) is 49.6 Å². The molecule has 0 aliphatic carbocycles. The quantitative estimate of drug-likeness (QED) is 0.806. The number of nitrogens with one attached hydrogen (secondary N) is 1. The van der Waals surface area contributed by atoms with Crippen LogP contribution in [0.3, 0.4) is 0 Å². The van der Waals surface area contributed by atoms with Crippen molar-refractivity contribution in [2.75, 3.05) is 5.32 Å². The molecule has 0 radical (unpaired) electrons. The number of hydrogen-bond acceptors (Lipinski definition) is 1. The zero-order valence-electron chi connectivity index (χ0n) is 11.0. The van der Waals surface area contributed by atoms with Crippen LogP contribution in [-0.4, -0.2) is 0 Å². The van der Waals surface area contributed by atoms with E-state index >= 15 is 0 Å². The Balaban J connectivity index is 2.21. The van der Waals surface area contributed by atoms with Crippen molar-refractivity contribution in [1.82, 2.24) is 0 Å². The fraction of sp³-hybridized carbons (Fsp3) is 0.250. The standard InChI is InChI=1S/C16H18ClN/c1-11-8-9-16(15(17)10-11)18-13(3)14-7-5-4-6-12(14)2/h4-10,13,18H,1-3H3. The maximum Gasteiger partial charge on any atom is 0.0640 e. The van der Waals surface area contributed by atoms with E-state index in [1.807, 2.05) is 19.1 Å². The third-order valence-electron chi connectivity index (χ3n) is 3.15. The largest absolute Gasteiger partial charge is 0.377 e. The second-order valence-corrected chi connectivity index (χ2v) is 5.11. The lowest BCUT2D eigenvalue weighted by molar-refractivity contribution is 0.874. The van der Waals surface area contributed by atoms with Crippen molar-refractivity contribution < 1.29 is 0 Å². The van der Waals surface area contributed by atoms with Crippen LogP contribution in [0.4, 0.5) is 5.69 Å². The van der Waals surface area contributed by atoms with Gasteiger partial charge in [0.05, 0.1) is 10.7 Å². The van der Waals surface area contributed by atoms with Gasteiger partial charge in [-0.25, -0.2) is 0 Å². The van der Waals surface area contributed by atoms with Crippen LogP contribution in [0.15, 0.2) is 42.5 Å². The molecule has 2 aromatic carbocycles. The maximum absolute atomic E-state index is 6.24. The van der Waals surface area contributed by atoms with Crippen LogP contribution < -0.4 is 5.32 Å². The van der Waals surface area contributed by atoms with Crippen molar-refractivity contribution in [3.05, 3.63) is 64.2 Å². The SMILES string of the molecule is Cc1ccc(NC(C)c2ccccc2C)c(Cl)c1. The molecule has 2 rings (SSSR count). The van der Waals surface area contributed by atoms with Crippen molar-refractivity contribution in [3.63, 3.8) is 0 Å². The second-order valence-electron chi connectivity index (χ2n) is 4.71. The van der Waals surface area contributed by atoms with Gasteiger partial charge in [-0.1, -0.05) is 41.9 Å². The van der Waals surface area contributed by atoms with Crippen LogP contribution in [0.5, 0.6) is 0 Å². The first-order chi connectivity index (χ1) is 8.58. The number of benzene rings is 2. The number of aryl methyl sites for hydroxylation is 2. The van der Waals surface area contributed by atoms with Gasteiger partial charge in [0.25, 0.3) is 0 Å². The van der Waals surface area contributed by atoms with Crippen molar-refractivity contribution in [2.45, 2.75) is 26.8 Å². The maximum atomic E-state index is 6.24. The molecule has 94 valence electrons. The van der Waals surface area contributed by atoms with Gasteiger partial charge < -0.3 is 5.32 Å². The van der Waals surface area contributed by atoms with Gasteiger partial charge in [0.2, 0.25) is 0 Å². The Morgan fingerprint density at radius 1 is 1.06 bits per heavy atom. The van der Waals surface area contributed by atoms with E-state index in [0.717, 1.165) is 10.7 Å². The number of rotatable bonds is 3. The molecular formula is C16H18ClN. The average Bonchev–Trinajstić information content (AvgIpc) is 2.33. The van der Waals surface area contributed by atoms with Gasteiger partial charge >= 0.3 is 0 Å². The van der Waals surface area contributed by atoms with Crippen LogP contribution in [-0.2, 0) is 0 Å². The van der Waals surface area contributed by atoms with E-state index in [-0.39, 0.29) is 6.04 Å². The first-order valence-electron chi connectivity index (χ1n) is 6.16. The fourth-order valence-electron chi connectivity index (χ4n) is 2.12. The molecule has 0 saturated carbocycles. The summed E-state index contributed by atoms with van der Waals surface area (Å²) in [6, 6.07) is 14.7. The Hall–Kier alpha value is -1.47. The Kier molecular flexibility index (Phi) is 3.93. The molecule has 1 N–H and O–H groups in total. The lowest BCUT2D eigenvalue weighted by Gasteiger charge is -2.18. The topological polar surface area (TPSA) is 12.0 Å². The summed E-state index contributed by atoms with van der Waals surface area (Å²) in [7, 11) is 0. The summed E-state index contributed by atoms with van der Waals surface area (Å²) in [6.07, 6.45) is 0. The minimum atomic E-state index is 0.242. The molecule has 0 aliphatic heterocycles. The average molecular weight is 260 g/mol. The van der Waals surface area contributed by atoms with Gasteiger partial charge in [0.1, 0.15) is 0 Å². The van der Waals surface area contributed by atoms with Gasteiger partial charge in [0.15, 0.2) is 0 Å². The van der Waals surface area contributed by atoms with E-state index in [2.05, 4.69) is 49.5 Å². The van der Waals surface area contributed by atoms with Crippen molar-refractivity contribution >= 4 is 17.3 Å². The molecular weight excluding hydrogens is 242 g/mol. The van der Waals surface area contributed by atoms with Crippen molar-refractivity contribution in [2.24, 2.45) is 0 Å². The summed E-state index contributed by atoms with van der Waals surface area (Å²) in [4.78, 5) is 0. The Morgan fingerprint density at radius 2 is 1.78 bits per heavy atom. The minimum Gasteiger partial charge on any atom is -0.377 e. The van der Waals surface area contributed by atoms with Gasteiger partial charge in [0, 0.05) is 6.04 Å². The predicted molar refractivity (Wildman–Crippen MR) is 79.4 cm³/mol. The molecule has 1 unspecified atom stereocenters. The van der Waals surface area contributed by atoms with Crippen LogP contribution in [0.2, 0.25) is 5.02 Å². The van der Waals surface area contributed by atoms with Crippen LogP contribution >= 0.6 is 11.6 Å². The van der Waals surface area contributed by atoms with E-state index in [1.54, 1.807) is 0 Å². The minimum absolute atomic E-state index is 0.242. The molecule has 2 heteroatoms. The molecule has 0 heterocycles. The lowest BCUT2D eigenvalue weighted by atomic mass is 10.0. The van der Waals surface area contributed by atoms with E-state index < -0.39 is 0 Å². The highest BCUT2D eigenvalue weighted by Crippen LogP contribution is 2.28. The van der Waals surface area contributed by atoms with Crippen LogP contribution in [0, 0.1) is 13.8 Å². The summed E-state index contributed by atoms with van der Waals surface area (Å²) in [6.45, 7) is 6.32. The highest BCUT2D eigenvalue weighted by Gasteiger charge is 2.09. The molecule has 0 bridgehead atoms. The van der Waals surface area contributed by atoms with Gasteiger partial charge in [-0.15, -0.1) is 0 Å². The summed E-state index contributed by atoms with van der Waals surface area (Å²) in [5.74, 6) is 0. The number of halogens is 1. The van der Waals surface area contributed by atoms with E-state index in [0.29, 0.717) is 0 Å². The first kappa shape index (κ1) is 13.0. The number of anilines is 1.